The summed E-state index contributed by atoms with van der Waals surface area (Å²) in [4.78, 5) is 38.5. The summed E-state index contributed by atoms with van der Waals surface area (Å²) < 4.78 is 35.0. The smallest absolute Gasteiger partial charge is 0.441 e. The van der Waals surface area contributed by atoms with E-state index in [0.717, 1.165) is 18.9 Å². The van der Waals surface area contributed by atoms with Gasteiger partial charge < -0.3 is 9.57 Å². The zero-order valence-corrected chi connectivity index (χ0v) is 26.2. The molecule has 4 rings (SSSR count). The number of hydrogen-bond donors (Lipinski definition) is 1. The van der Waals surface area contributed by atoms with Crippen molar-refractivity contribution < 1.29 is 27.6 Å². The second-order valence-electron chi connectivity index (χ2n) is 11.9. The minimum atomic E-state index is -3.99. The number of unbranched alkanes of at least 4 members (excludes halogenated alkanes) is 1. The predicted molar refractivity (Wildman–Crippen MR) is 163 cm³/mol. The molecule has 3 aromatic rings. The van der Waals surface area contributed by atoms with Crippen molar-refractivity contribution in [2.24, 2.45) is 0 Å². The van der Waals surface area contributed by atoms with E-state index in [0.29, 0.717) is 10.8 Å². The maximum atomic E-state index is 13.4. The monoisotopic (exact) mass is 608 g/mol. The number of rotatable bonds is 11. The van der Waals surface area contributed by atoms with Gasteiger partial charge in [0.05, 0.1) is 11.7 Å². The van der Waals surface area contributed by atoms with Gasteiger partial charge in [-0.3, -0.25) is 4.98 Å². The van der Waals surface area contributed by atoms with Crippen LogP contribution in [-0.2, 0) is 36.2 Å². The highest BCUT2D eigenvalue weighted by Gasteiger charge is 2.43. The van der Waals surface area contributed by atoms with E-state index in [9.17, 15) is 18.0 Å². The number of hydrogen-bond acceptors (Lipinski definition) is 8. The number of carbonyl (C=O) groups excluding carboxylic acids is 2. The highest BCUT2D eigenvalue weighted by Crippen LogP contribution is 2.52. The van der Waals surface area contributed by atoms with Crippen LogP contribution in [0.25, 0.3) is 0 Å². The summed E-state index contributed by atoms with van der Waals surface area (Å²) in [6.45, 7) is 8.41. The summed E-state index contributed by atoms with van der Waals surface area (Å²) in [5.41, 5.74) is 1.93. The van der Waals surface area contributed by atoms with Gasteiger partial charge in [0.25, 0.3) is 0 Å². The van der Waals surface area contributed by atoms with Crippen molar-refractivity contribution >= 4 is 27.9 Å². The van der Waals surface area contributed by atoms with Crippen LogP contribution in [0.15, 0.2) is 71.9 Å². The number of benzene rings is 1. The molecule has 1 atom stereocenters. The molecule has 1 amide bonds. The Balaban J connectivity index is 1.67. The van der Waals surface area contributed by atoms with E-state index < -0.39 is 33.7 Å². The van der Waals surface area contributed by atoms with Crippen molar-refractivity contribution in [2.45, 2.75) is 95.1 Å². The third kappa shape index (κ3) is 8.61. The normalized spacial score (nSPS) is 14.9. The first kappa shape index (κ1) is 32.1. The molecule has 0 radical (unpaired) electrons. The average Bonchev–Trinajstić information content (AvgIpc) is 3.75. The van der Waals surface area contributed by atoms with Gasteiger partial charge in [0.15, 0.2) is 5.82 Å². The van der Waals surface area contributed by atoms with Crippen LogP contribution in [0.2, 0.25) is 0 Å². The molecular weight excluding hydrogens is 568 g/mol. The quantitative estimate of drug-likeness (QED) is 0.256. The van der Waals surface area contributed by atoms with Gasteiger partial charge in [0.2, 0.25) is 10.0 Å². The zero-order chi connectivity index (χ0) is 31.3. The van der Waals surface area contributed by atoms with E-state index in [1.165, 1.54) is 55.8 Å². The molecule has 0 bridgehead atoms. The first-order valence-electron chi connectivity index (χ1n) is 14.5. The zero-order valence-electron chi connectivity index (χ0n) is 25.4. The lowest BCUT2D eigenvalue weighted by atomic mass is 9.89. The molecule has 2 heterocycles. The molecule has 0 saturated heterocycles. The van der Waals surface area contributed by atoms with Gasteiger partial charge >= 0.3 is 12.1 Å². The van der Waals surface area contributed by atoms with Crippen LogP contribution >= 0.6 is 0 Å². The minimum absolute atomic E-state index is 0.00777. The molecule has 1 aliphatic rings. The summed E-state index contributed by atoms with van der Waals surface area (Å²) in [5.74, 6) is -0.783. The van der Waals surface area contributed by atoms with Crippen LogP contribution < -0.4 is 9.79 Å². The fourth-order valence-electron chi connectivity index (χ4n) is 4.90. The second kappa shape index (κ2) is 13.2. The molecule has 1 saturated carbocycles. The highest BCUT2D eigenvalue weighted by atomic mass is 32.2. The van der Waals surface area contributed by atoms with Gasteiger partial charge in [-0.1, -0.05) is 55.2 Å². The van der Waals surface area contributed by atoms with E-state index in [-0.39, 0.29) is 22.5 Å². The van der Waals surface area contributed by atoms with E-state index >= 15 is 0 Å². The van der Waals surface area contributed by atoms with Gasteiger partial charge in [-0.25, -0.2) is 27.7 Å². The summed E-state index contributed by atoms with van der Waals surface area (Å²) in [6.07, 6.45) is 8.00. The van der Waals surface area contributed by atoms with Gasteiger partial charge in [-0.2, -0.15) is 0 Å². The van der Waals surface area contributed by atoms with E-state index in [1.807, 2.05) is 12.1 Å². The maximum absolute atomic E-state index is 13.4. The first-order valence-corrected chi connectivity index (χ1v) is 16.0. The number of hydroxylamine groups is 1. The van der Waals surface area contributed by atoms with Crippen molar-refractivity contribution in [3.05, 3.63) is 83.8 Å². The Bertz CT molecular complexity index is 1520. The summed E-state index contributed by atoms with van der Waals surface area (Å²) in [7, 11) is -3.99. The standard InChI is InChI=1S/C32H40N4O6S/c1-6-7-17-32(18-19-32)25-15-13-24(14-16-25)21-28(35-43(39,40)26-10-9-20-33-22-26)27-11-8-12-29(34-27)36(42-23(2)37)30(38)41-31(3,4)5/h8-16,20,22,28,35H,6-7,17-19,21H2,1-5H3. The van der Waals surface area contributed by atoms with Crippen LogP contribution in [0.3, 0.4) is 0 Å². The van der Waals surface area contributed by atoms with Gasteiger partial charge in [0.1, 0.15) is 10.5 Å². The lowest BCUT2D eigenvalue weighted by molar-refractivity contribution is -0.142. The molecule has 11 heteroatoms. The van der Waals surface area contributed by atoms with Crippen molar-refractivity contribution in [3.63, 3.8) is 0 Å². The van der Waals surface area contributed by atoms with Crippen molar-refractivity contribution in [1.29, 1.82) is 0 Å². The van der Waals surface area contributed by atoms with Crippen LogP contribution in [0.1, 0.15) is 89.6 Å². The lowest BCUT2D eigenvalue weighted by Gasteiger charge is -2.26. The van der Waals surface area contributed by atoms with E-state index in [1.54, 1.807) is 39.0 Å². The van der Waals surface area contributed by atoms with Crippen molar-refractivity contribution in [1.82, 2.24) is 14.7 Å². The molecule has 1 N–H and O–H groups in total. The van der Waals surface area contributed by atoms with Crippen LogP contribution in [-0.4, -0.2) is 36.0 Å². The molecule has 1 aromatic carbocycles. The summed E-state index contributed by atoms with van der Waals surface area (Å²) >= 11 is 0. The maximum Gasteiger partial charge on any atom is 0.450 e. The topological polar surface area (TPSA) is 128 Å². The molecule has 0 aliphatic heterocycles. The highest BCUT2D eigenvalue weighted by molar-refractivity contribution is 7.89. The molecule has 230 valence electrons. The summed E-state index contributed by atoms with van der Waals surface area (Å²) in [6, 6.07) is 15.2. The number of carbonyl (C=O) groups is 2. The molecule has 2 aromatic heterocycles. The Morgan fingerprint density at radius 1 is 1.07 bits per heavy atom. The minimum Gasteiger partial charge on any atom is -0.441 e. The number of aromatic nitrogens is 2. The van der Waals surface area contributed by atoms with E-state index in [4.69, 9.17) is 9.57 Å². The van der Waals surface area contributed by atoms with E-state index in [2.05, 4.69) is 33.7 Å². The largest absolute Gasteiger partial charge is 0.450 e. The number of amides is 1. The fraction of sp³-hybridized carbons (Fsp3) is 0.438. The Morgan fingerprint density at radius 2 is 1.79 bits per heavy atom. The SMILES string of the molecule is CCCCC1(c2ccc(CC(NS(=O)(=O)c3cccnc3)c3cccc(N(OC(C)=O)C(=O)OC(C)(C)C)n3)cc2)CC1. The van der Waals surface area contributed by atoms with Crippen LogP contribution in [0, 0.1) is 0 Å². The molecule has 1 unspecified atom stereocenters. The van der Waals surface area contributed by atoms with Gasteiger partial charge in [0, 0.05) is 19.3 Å². The molecule has 43 heavy (non-hydrogen) atoms. The number of anilines is 1. The third-order valence-corrected chi connectivity index (χ3v) is 8.67. The van der Waals surface area contributed by atoms with Crippen molar-refractivity contribution in [3.8, 4) is 0 Å². The average molecular weight is 609 g/mol. The molecule has 0 spiro atoms. The van der Waals surface area contributed by atoms with Crippen LogP contribution in [0.5, 0.6) is 0 Å². The number of pyridine rings is 2. The predicted octanol–water partition coefficient (Wildman–Crippen LogP) is 6.18. The van der Waals surface area contributed by atoms with Gasteiger partial charge in [-0.05, 0) is 87.3 Å². The van der Waals surface area contributed by atoms with Gasteiger partial charge in [-0.15, -0.1) is 0 Å². The van der Waals surface area contributed by atoms with Crippen molar-refractivity contribution in [2.75, 3.05) is 5.06 Å². The number of sulfonamides is 1. The molecule has 1 fully saturated rings. The number of nitrogens with zero attached hydrogens (tertiary/aromatic N) is 3. The lowest BCUT2D eigenvalue weighted by Crippen LogP contribution is -2.39. The number of nitrogens with one attached hydrogen (secondary N) is 1. The Labute approximate surface area is 253 Å². The molecule has 10 nitrogen and oxygen atoms in total. The van der Waals surface area contributed by atoms with Crippen LogP contribution in [0.4, 0.5) is 10.6 Å². The second-order valence-corrected chi connectivity index (χ2v) is 13.6. The number of ether oxygens (including phenoxy) is 1. The Kier molecular flexibility index (Phi) is 9.86. The first-order chi connectivity index (χ1) is 20.3. The summed E-state index contributed by atoms with van der Waals surface area (Å²) in [5, 5.41) is 0.671. The third-order valence-electron chi connectivity index (χ3n) is 7.21. The Hall–Kier alpha value is -3.83. The molecular formula is C32H40N4O6S. The molecule has 1 aliphatic carbocycles. The Morgan fingerprint density at radius 3 is 2.37 bits per heavy atom. The fourth-order valence-corrected chi connectivity index (χ4v) is 6.08.